The third-order valence-electron chi connectivity index (χ3n) is 4.21. The molecule has 0 unspecified atom stereocenters. The maximum Gasteiger partial charge on any atom is 0.166 e. The van der Waals surface area contributed by atoms with Crippen molar-refractivity contribution in [3.8, 4) is 0 Å². The SMILES string of the molecule is CC1=CC[C@@H]2N=C(c3ccccc3)C[C@@]2(C)C1=O. The molecule has 1 heterocycles. The van der Waals surface area contributed by atoms with Crippen LogP contribution in [0.4, 0.5) is 0 Å². The Balaban J connectivity index is 1.96. The summed E-state index contributed by atoms with van der Waals surface area (Å²) in [6, 6.07) is 10.3. The minimum atomic E-state index is -0.315. The van der Waals surface area contributed by atoms with Crippen LogP contribution in [0.1, 0.15) is 32.3 Å². The summed E-state index contributed by atoms with van der Waals surface area (Å²) in [4.78, 5) is 17.2. The quantitative estimate of drug-likeness (QED) is 0.740. The van der Waals surface area contributed by atoms with Gasteiger partial charge in [-0.15, -0.1) is 0 Å². The van der Waals surface area contributed by atoms with Crippen molar-refractivity contribution >= 4 is 11.5 Å². The average Bonchev–Trinajstić information content (AvgIpc) is 2.75. The molecule has 0 fully saturated rings. The van der Waals surface area contributed by atoms with Crippen molar-refractivity contribution in [2.45, 2.75) is 32.7 Å². The van der Waals surface area contributed by atoms with Crippen LogP contribution in [0.15, 0.2) is 47.0 Å². The summed E-state index contributed by atoms with van der Waals surface area (Å²) in [5.74, 6) is 0.272. The zero-order valence-corrected chi connectivity index (χ0v) is 10.8. The molecule has 2 heteroatoms. The number of allylic oxidation sites excluding steroid dienone is 1. The van der Waals surface area contributed by atoms with Gasteiger partial charge in [-0.2, -0.15) is 0 Å². The van der Waals surface area contributed by atoms with Gasteiger partial charge < -0.3 is 0 Å². The first-order valence-electron chi connectivity index (χ1n) is 6.45. The first-order valence-corrected chi connectivity index (χ1v) is 6.45. The van der Waals surface area contributed by atoms with Crippen molar-refractivity contribution in [3.63, 3.8) is 0 Å². The van der Waals surface area contributed by atoms with E-state index in [0.29, 0.717) is 0 Å². The van der Waals surface area contributed by atoms with Gasteiger partial charge in [-0.1, -0.05) is 36.4 Å². The molecule has 0 saturated heterocycles. The number of fused-ring (bicyclic) bond motifs is 1. The van der Waals surface area contributed by atoms with Crippen molar-refractivity contribution in [2.24, 2.45) is 10.4 Å². The smallest absolute Gasteiger partial charge is 0.166 e. The lowest BCUT2D eigenvalue weighted by atomic mass is 9.70. The van der Waals surface area contributed by atoms with Crippen LogP contribution in [0.2, 0.25) is 0 Å². The zero-order valence-electron chi connectivity index (χ0n) is 10.8. The van der Waals surface area contributed by atoms with Crippen LogP contribution in [0.3, 0.4) is 0 Å². The molecule has 0 amide bonds. The van der Waals surface area contributed by atoms with E-state index in [1.165, 1.54) is 0 Å². The number of benzene rings is 1. The lowest BCUT2D eigenvalue weighted by molar-refractivity contribution is -0.124. The Hall–Kier alpha value is -1.70. The van der Waals surface area contributed by atoms with Gasteiger partial charge in [0, 0.05) is 12.1 Å². The topological polar surface area (TPSA) is 29.4 Å². The molecule has 1 aliphatic carbocycles. The van der Waals surface area contributed by atoms with E-state index in [0.717, 1.165) is 29.7 Å². The fourth-order valence-electron chi connectivity index (χ4n) is 3.02. The van der Waals surface area contributed by atoms with E-state index in [2.05, 4.69) is 19.1 Å². The minimum absolute atomic E-state index is 0.129. The van der Waals surface area contributed by atoms with E-state index in [1.807, 2.05) is 31.2 Å². The van der Waals surface area contributed by atoms with Crippen LogP contribution in [0.25, 0.3) is 0 Å². The molecule has 1 aromatic rings. The lowest BCUT2D eigenvalue weighted by Crippen LogP contribution is -2.39. The van der Waals surface area contributed by atoms with E-state index in [-0.39, 0.29) is 17.2 Å². The van der Waals surface area contributed by atoms with Gasteiger partial charge in [0.25, 0.3) is 0 Å². The van der Waals surface area contributed by atoms with Gasteiger partial charge in [0.15, 0.2) is 5.78 Å². The molecular formula is C16H17NO. The lowest BCUT2D eigenvalue weighted by Gasteiger charge is -2.31. The molecule has 0 N–H and O–H groups in total. The number of hydrogen-bond acceptors (Lipinski definition) is 2. The van der Waals surface area contributed by atoms with Crippen LogP contribution < -0.4 is 0 Å². The summed E-state index contributed by atoms with van der Waals surface area (Å²) in [6.45, 7) is 3.99. The summed E-state index contributed by atoms with van der Waals surface area (Å²) in [7, 11) is 0. The highest BCUT2D eigenvalue weighted by Gasteiger charge is 2.48. The van der Waals surface area contributed by atoms with Gasteiger partial charge in [-0.25, -0.2) is 0 Å². The first kappa shape index (κ1) is 11.4. The fourth-order valence-corrected chi connectivity index (χ4v) is 3.02. The number of ketones is 1. The standard InChI is InChI=1S/C16H17NO/c1-11-8-9-14-16(2,15(11)18)10-13(17-14)12-6-4-3-5-7-12/h3-8,14H,9-10H2,1-2H3/t14-,16+/m0/s1. The molecule has 2 nitrogen and oxygen atoms in total. The molecule has 0 saturated carbocycles. The van der Waals surface area contributed by atoms with E-state index in [1.54, 1.807) is 0 Å². The highest BCUT2D eigenvalue weighted by molar-refractivity contribution is 6.10. The van der Waals surface area contributed by atoms with E-state index in [9.17, 15) is 4.79 Å². The summed E-state index contributed by atoms with van der Waals surface area (Å²) < 4.78 is 0. The maximum absolute atomic E-state index is 12.4. The highest BCUT2D eigenvalue weighted by Crippen LogP contribution is 2.43. The fraction of sp³-hybridized carbons (Fsp3) is 0.375. The Labute approximate surface area is 107 Å². The van der Waals surface area contributed by atoms with E-state index in [4.69, 9.17) is 4.99 Å². The number of nitrogens with zero attached hydrogens (tertiary/aromatic N) is 1. The second-order valence-electron chi connectivity index (χ2n) is 5.50. The molecule has 0 bridgehead atoms. The van der Waals surface area contributed by atoms with Crippen molar-refractivity contribution in [2.75, 3.05) is 0 Å². The number of carbonyl (C=O) groups excluding carboxylic acids is 1. The predicted molar refractivity (Wildman–Crippen MR) is 72.9 cm³/mol. The van der Waals surface area contributed by atoms with E-state index < -0.39 is 0 Å². The summed E-state index contributed by atoms with van der Waals surface area (Å²) in [6.07, 6.45) is 3.70. The first-order chi connectivity index (χ1) is 8.61. The van der Waals surface area contributed by atoms with E-state index >= 15 is 0 Å². The van der Waals surface area contributed by atoms with Gasteiger partial charge in [0.1, 0.15) is 0 Å². The zero-order chi connectivity index (χ0) is 12.8. The Morgan fingerprint density at radius 1 is 1.28 bits per heavy atom. The molecule has 0 radical (unpaired) electrons. The molecule has 2 aliphatic rings. The average molecular weight is 239 g/mol. The Morgan fingerprint density at radius 3 is 2.72 bits per heavy atom. The van der Waals surface area contributed by atoms with Gasteiger partial charge in [0.05, 0.1) is 11.5 Å². The Bertz CT molecular complexity index is 556. The molecule has 1 aliphatic heterocycles. The summed E-state index contributed by atoms with van der Waals surface area (Å²) in [5, 5.41) is 0. The number of carbonyl (C=O) groups is 1. The Morgan fingerprint density at radius 2 is 2.00 bits per heavy atom. The summed E-state index contributed by atoms with van der Waals surface area (Å²) in [5.41, 5.74) is 2.82. The van der Waals surface area contributed by atoms with Crippen LogP contribution in [0, 0.1) is 5.41 Å². The van der Waals surface area contributed by atoms with Gasteiger partial charge in [-0.05, 0) is 31.4 Å². The van der Waals surface area contributed by atoms with Gasteiger partial charge >= 0.3 is 0 Å². The molecule has 2 atom stereocenters. The van der Waals surface area contributed by atoms with Crippen LogP contribution >= 0.6 is 0 Å². The number of hydrogen-bond donors (Lipinski definition) is 0. The largest absolute Gasteiger partial charge is 0.294 e. The van der Waals surface area contributed by atoms with Crippen LogP contribution in [-0.2, 0) is 4.79 Å². The van der Waals surface area contributed by atoms with Crippen LogP contribution in [0.5, 0.6) is 0 Å². The van der Waals surface area contributed by atoms with Gasteiger partial charge in [0.2, 0.25) is 0 Å². The number of aliphatic imine (C=N–C) groups is 1. The predicted octanol–water partition coefficient (Wildman–Crippen LogP) is 3.17. The van der Waals surface area contributed by atoms with Crippen molar-refractivity contribution in [1.82, 2.24) is 0 Å². The molecule has 0 aromatic heterocycles. The van der Waals surface area contributed by atoms with Crippen LogP contribution in [-0.4, -0.2) is 17.5 Å². The molecule has 1 aromatic carbocycles. The van der Waals surface area contributed by atoms with Gasteiger partial charge in [-0.3, -0.25) is 9.79 Å². The van der Waals surface area contributed by atoms with Crippen molar-refractivity contribution in [1.29, 1.82) is 0 Å². The monoisotopic (exact) mass is 239 g/mol. The number of rotatable bonds is 1. The molecule has 0 spiro atoms. The minimum Gasteiger partial charge on any atom is -0.294 e. The normalized spacial score (nSPS) is 30.8. The number of Topliss-reactive ketones (excluding diaryl/α,β-unsaturated/α-hetero) is 1. The molecular weight excluding hydrogens is 222 g/mol. The Kier molecular flexibility index (Phi) is 2.47. The van der Waals surface area contributed by atoms with Crippen molar-refractivity contribution in [3.05, 3.63) is 47.5 Å². The summed E-state index contributed by atoms with van der Waals surface area (Å²) >= 11 is 0. The van der Waals surface area contributed by atoms with Crippen molar-refractivity contribution < 1.29 is 4.79 Å². The third-order valence-corrected chi connectivity index (χ3v) is 4.21. The maximum atomic E-state index is 12.4. The molecule has 92 valence electrons. The third kappa shape index (κ3) is 1.56. The second-order valence-corrected chi connectivity index (χ2v) is 5.50. The highest BCUT2D eigenvalue weighted by atomic mass is 16.1. The second kappa shape index (κ2) is 3.91. The molecule has 3 rings (SSSR count). The molecule has 18 heavy (non-hydrogen) atoms.